The van der Waals surface area contributed by atoms with E-state index >= 15 is 0 Å². The Kier molecular flexibility index (Phi) is 9.19. The van der Waals surface area contributed by atoms with Crippen molar-refractivity contribution in [1.29, 1.82) is 0 Å². The van der Waals surface area contributed by atoms with Gasteiger partial charge in [-0.25, -0.2) is 0 Å². The van der Waals surface area contributed by atoms with Gasteiger partial charge in [-0.1, -0.05) is 30.0 Å². The molecule has 12 nitrogen and oxygen atoms in total. The fourth-order valence-corrected chi connectivity index (χ4v) is 4.86. The Morgan fingerprint density at radius 3 is 2.51 bits per heavy atom. The molecular formula is C28H28N6O6S. The molecule has 2 N–H and O–H groups in total. The molecule has 3 aromatic carbocycles. The third kappa shape index (κ3) is 6.81. The molecular weight excluding hydrogens is 548 g/mol. The van der Waals surface area contributed by atoms with Crippen LogP contribution in [0.5, 0.6) is 11.5 Å². The van der Waals surface area contributed by atoms with Crippen LogP contribution in [0.25, 0.3) is 5.69 Å². The molecule has 4 rings (SSSR count). The number of aromatic nitrogens is 3. The second-order valence-electron chi connectivity index (χ2n) is 8.87. The molecule has 2 amide bonds. The standard InChI is InChI=1S/C28H28N6O6S/c1-17-7-5-8-19(13-17)30-26(35)16-41-28-32-31-25(33(28)23-14-20(39-3)11-12-24(23)40-4)15-29-27(36)21-9-6-10-22(18(21)2)34(37)38/h5-14H,15-16H2,1-4H3,(H,29,36)(H,30,35). The summed E-state index contributed by atoms with van der Waals surface area (Å²) in [7, 11) is 3.05. The highest BCUT2D eigenvalue weighted by Gasteiger charge is 2.22. The first-order chi connectivity index (χ1) is 19.7. The highest BCUT2D eigenvalue weighted by atomic mass is 32.2. The summed E-state index contributed by atoms with van der Waals surface area (Å²) >= 11 is 1.16. The first-order valence-corrected chi connectivity index (χ1v) is 13.4. The number of anilines is 1. The first-order valence-electron chi connectivity index (χ1n) is 12.4. The minimum atomic E-state index is -0.531. The summed E-state index contributed by atoms with van der Waals surface area (Å²) in [6.45, 7) is 3.40. The molecule has 13 heteroatoms. The lowest BCUT2D eigenvalue weighted by Gasteiger charge is -2.15. The summed E-state index contributed by atoms with van der Waals surface area (Å²) in [5.74, 6) is 0.671. The number of nitro groups is 1. The van der Waals surface area contributed by atoms with Crippen LogP contribution in [0.15, 0.2) is 65.8 Å². The quantitative estimate of drug-likeness (QED) is 0.150. The second kappa shape index (κ2) is 13.0. The van der Waals surface area contributed by atoms with Crippen LogP contribution in [0, 0.1) is 24.0 Å². The fraction of sp³-hybridized carbons (Fsp3) is 0.214. The van der Waals surface area contributed by atoms with Gasteiger partial charge in [0.15, 0.2) is 11.0 Å². The second-order valence-corrected chi connectivity index (χ2v) is 9.81. The molecule has 0 aliphatic rings. The summed E-state index contributed by atoms with van der Waals surface area (Å²) in [5.41, 5.74) is 2.52. The van der Waals surface area contributed by atoms with Crippen LogP contribution < -0.4 is 20.1 Å². The molecule has 212 valence electrons. The molecule has 41 heavy (non-hydrogen) atoms. The van der Waals surface area contributed by atoms with Gasteiger partial charge in [0.2, 0.25) is 5.91 Å². The summed E-state index contributed by atoms with van der Waals surface area (Å²) < 4.78 is 12.6. The van der Waals surface area contributed by atoms with E-state index in [1.165, 1.54) is 39.3 Å². The van der Waals surface area contributed by atoms with Crippen LogP contribution in [0.2, 0.25) is 0 Å². The van der Waals surface area contributed by atoms with Crippen LogP contribution in [0.1, 0.15) is 27.3 Å². The number of thioether (sulfide) groups is 1. The molecule has 4 aromatic rings. The van der Waals surface area contributed by atoms with Crippen LogP contribution >= 0.6 is 11.8 Å². The van der Waals surface area contributed by atoms with Gasteiger partial charge in [-0.15, -0.1) is 10.2 Å². The molecule has 0 aliphatic carbocycles. The van der Waals surface area contributed by atoms with Crippen LogP contribution in [0.3, 0.4) is 0 Å². The highest BCUT2D eigenvalue weighted by molar-refractivity contribution is 7.99. The zero-order valence-electron chi connectivity index (χ0n) is 22.8. The Labute approximate surface area is 240 Å². The van der Waals surface area contributed by atoms with Crippen LogP contribution in [0.4, 0.5) is 11.4 Å². The van der Waals surface area contributed by atoms with Gasteiger partial charge < -0.3 is 20.1 Å². The maximum Gasteiger partial charge on any atom is 0.273 e. The minimum Gasteiger partial charge on any atom is -0.497 e. The molecule has 1 aromatic heterocycles. The van der Waals surface area contributed by atoms with E-state index in [1.54, 1.807) is 22.8 Å². The lowest BCUT2D eigenvalue weighted by Crippen LogP contribution is -2.25. The number of nitrogens with zero attached hydrogens (tertiary/aromatic N) is 4. The molecule has 0 fully saturated rings. The molecule has 0 unspecified atom stereocenters. The van der Waals surface area contributed by atoms with Gasteiger partial charge in [-0.2, -0.15) is 0 Å². The zero-order valence-corrected chi connectivity index (χ0v) is 23.7. The van der Waals surface area contributed by atoms with E-state index in [0.29, 0.717) is 33.9 Å². The fourth-order valence-electron chi connectivity index (χ4n) is 4.09. The number of amides is 2. The molecule has 0 saturated carbocycles. The van der Waals surface area contributed by atoms with E-state index in [9.17, 15) is 19.7 Å². The van der Waals surface area contributed by atoms with Gasteiger partial charge in [0, 0.05) is 28.9 Å². The van der Waals surface area contributed by atoms with E-state index < -0.39 is 10.8 Å². The average Bonchev–Trinajstić information content (AvgIpc) is 3.36. The van der Waals surface area contributed by atoms with Gasteiger partial charge in [0.1, 0.15) is 11.5 Å². The molecule has 0 radical (unpaired) electrons. The number of benzene rings is 3. The summed E-state index contributed by atoms with van der Waals surface area (Å²) in [4.78, 5) is 36.5. The third-order valence-electron chi connectivity index (χ3n) is 6.12. The lowest BCUT2D eigenvalue weighted by molar-refractivity contribution is -0.385. The number of nitrogens with one attached hydrogen (secondary N) is 2. The zero-order chi connectivity index (χ0) is 29.5. The molecule has 0 bridgehead atoms. The molecule has 0 aliphatic heterocycles. The van der Waals surface area contributed by atoms with E-state index in [2.05, 4.69) is 20.8 Å². The highest BCUT2D eigenvalue weighted by Crippen LogP contribution is 2.32. The number of hydrogen-bond acceptors (Lipinski definition) is 9. The summed E-state index contributed by atoms with van der Waals surface area (Å²) in [5, 5.41) is 25.9. The SMILES string of the molecule is COc1ccc(OC)c(-n2c(CNC(=O)c3cccc([N+](=O)[O-])c3C)nnc2SCC(=O)Nc2cccc(C)c2)c1. The van der Waals surface area contributed by atoms with Crippen molar-refractivity contribution in [3.05, 3.63) is 93.3 Å². The number of carbonyl (C=O) groups is 2. The maximum atomic E-state index is 13.0. The smallest absolute Gasteiger partial charge is 0.273 e. The summed E-state index contributed by atoms with van der Waals surface area (Å²) in [6, 6.07) is 17.0. The summed E-state index contributed by atoms with van der Waals surface area (Å²) in [6.07, 6.45) is 0. The van der Waals surface area contributed by atoms with Crippen molar-refractivity contribution in [1.82, 2.24) is 20.1 Å². The molecule has 0 saturated heterocycles. The van der Waals surface area contributed by atoms with Gasteiger partial charge in [0.25, 0.3) is 11.6 Å². The van der Waals surface area contributed by atoms with E-state index in [-0.39, 0.29) is 35.0 Å². The van der Waals surface area contributed by atoms with Crippen molar-refractivity contribution >= 4 is 35.0 Å². The van der Waals surface area contributed by atoms with Crippen molar-refractivity contribution < 1.29 is 24.0 Å². The monoisotopic (exact) mass is 576 g/mol. The lowest BCUT2D eigenvalue weighted by atomic mass is 10.1. The van der Waals surface area contributed by atoms with Crippen LogP contribution in [-0.4, -0.2) is 51.5 Å². The van der Waals surface area contributed by atoms with Gasteiger partial charge in [-0.05, 0) is 49.7 Å². The molecule has 1 heterocycles. The van der Waals surface area contributed by atoms with Gasteiger partial charge >= 0.3 is 0 Å². The predicted molar refractivity (Wildman–Crippen MR) is 154 cm³/mol. The number of aryl methyl sites for hydroxylation is 1. The maximum absolute atomic E-state index is 13.0. The van der Waals surface area contributed by atoms with Crippen molar-refractivity contribution in [3.8, 4) is 17.2 Å². The van der Waals surface area contributed by atoms with Crippen molar-refractivity contribution in [3.63, 3.8) is 0 Å². The van der Waals surface area contributed by atoms with Gasteiger partial charge in [0.05, 0.1) is 37.1 Å². The number of nitro benzene ring substituents is 1. The van der Waals surface area contributed by atoms with E-state index in [1.807, 2.05) is 31.2 Å². The Hall–Kier alpha value is -4.91. The molecule has 0 atom stereocenters. The normalized spacial score (nSPS) is 10.6. The Morgan fingerprint density at radius 2 is 1.80 bits per heavy atom. The van der Waals surface area contributed by atoms with Crippen molar-refractivity contribution in [2.75, 3.05) is 25.3 Å². The van der Waals surface area contributed by atoms with Crippen molar-refractivity contribution in [2.24, 2.45) is 0 Å². The topological polar surface area (TPSA) is 151 Å². The number of rotatable bonds is 11. The number of hydrogen-bond donors (Lipinski definition) is 2. The minimum absolute atomic E-state index is 0.0393. The van der Waals surface area contributed by atoms with Gasteiger partial charge in [-0.3, -0.25) is 24.3 Å². The largest absolute Gasteiger partial charge is 0.497 e. The predicted octanol–water partition coefficient (Wildman–Crippen LogP) is 4.47. The van der Waals surface area contributed by atoms with E-state index in [0.717, 1.165) is 17.3 Å². The Morgan fingerprint density at radius 1 is 1.02 bits per heavy atom. The van der Waals surface area contributed by atoms with E-state index in [4.69, 9.17) is 9.47 Å². The first kappa shape index (κ1) is 29.1. The average molecular weight is 577 g/mol. The Balaban J connectivity index is 1.61. The number of ether oxygens (including phenoxy) is 2. The Bertz CT molecular complexity index is 1600. The number of carbonyl (C=O) groups excluding carboxylic acids is 2. The van der Waals surface area contributed by atoms with Crippen molar-refractivity contribution in [2.45, 2.75) is 25.5 Å². The number of methoxy groups -OCH3 is 2. The molecule has 0 spiro atoms. The van der Waals surface area contributed by atoms with Crippen LogP contribution in [-0.2, 0) is 11.3 Å². The third-order valence-corrected chi connectivity index (χ3v) is 7.04.